The third-order valence-corrected chi connectivity index (χ3v) is 3.41. The minimum absolute atomic E-state index is 0.275. The van der Waals surface area contributed by atoms with E-state index in [1.165, 1.54) is 24.3 Å². The van der Waals surface area contributed by atoms with Gasteiger partial charge in [-0.25, -0.2) is 4.98 Å². The summed E-state index contributed by atoms with van der Waals surface area (Å²) in [6.45, 7) is 1.15. The summed E-state index contributed by atoms with van der Waals surface area (Å²) < 4.78 is 47.2. The first-order valence-electron chi connectivity index (χ1n) is 7.39. The Morgan fingerprint density at radius 2 is 1.92 bits per heavy atom. The quantitative estimate of drug-likeness (QED) is 0.690. The number of aromatic nitrogens is 3. The van der Waals surface area contributed by atoms with Crippen LogP contribution in [0.4, 0.5) is 19.0 Å². The van der Waals surface area contributed by atoms with Crippen LogP contribution in [0, 0.1) is 0 Å². The van der Waals surface area contributed by atoms with Crippen molar-refractivity contribution in [2.24, 2.45) is 0 Å². The summed E-state index contributed by atoms with van der Waals surface area (Å²) in [7, 11) is 1.61. The number of benzene rings is 1. The number of hydrogen-bond acceptors (Lipinski definition) is 5. The van der Waals surface area contributed by atoms with Gasteiger partial charge in [0.05, 0.1) is 12.8 Å². The highest BCUT2D eigenvalue weighted by molar-refractivity contribution is 5.78. The van der Waals surface area contributed by atoms with E-state index in [4.69, 9.17) is 4.74 Å². The second kappa shape index (κ2) is 6.98. The molecule has 0 amide bonds. The summed E-state index contributed by atoms with van der Waals surface area (Å²) in [6.07, 6.45) is -1.46. The SMILES string of the molecule is COCCNc1ccnc2c(-c3ccc(OC(F)(F)F)cc3)cnn12. The standard InChI is InChI=1S/C16H15F3N4O2/c1-24-9-8-20-14-6-7-21-15-13(10-22-23(14)15)11-2-4-12(5-3-11)25-16(17,18)19/h2-7,10,20H,8-9H2,1H3. The van der Waals surface area contributed by atoms with Crippen LogP contribution in [0.1, 0.15) is 0 Å². The fraction of sp³-hybridized carbons (Fsp3) is 0.250. The van der Waals surface area contributed by atoms with Gasteiger partial charge in [0.15, 0.2) is 5.65 Å². The maximum atomic E-state index is 12.2. The fourth-order valence-electron chi connectivity index (χ4n) is 2.35. The Morgan fingerprint density at radius 1 is 1.16 bits per heavy atom. The first kappa shape index (κ1) is 17.0. The van der Waals surface area contributed by atoms with Crippen LogP contribution >= 0.6 is 0 Å². The van der Waals surface area contributed by atoms with E-state index in [0.717, 1.165) is 5.82 Å². The van der Waals surface area contributed by atoms with E-state index < -0.39 is 6.36 Å². The molecule has 0 bridgehead atoms. The highest BCUT2D eigenvalue weighted by Gasteiger charge is 2.31. The number of methoxy groups -OCH3 is 1. The van der Waals surface area contributed by atoms with Crippen molar-refractivity contribution < 1.29 is 22.6 Å². The summed E-state index contributed by atoms with van der Waals surface area (Å²) >= 11 is 0. The predicted octanol–water partition coefficient (Wildman–Crippen LogP) is 3.35. The lowest BCUT2D eigenvalue weighted by atomic mass is 10.1. The molecule has 0 aliphatic rings. The summed E-state index contributed by atoms with van der Waals surface area (Å²) in [5.74, 6) is 0.466. The van der Waals surface area contributed by atoms with Gasteiger partial charge in [-0.05, 0) is 23.8 Å². The van der Waals surface area contributed by atoms with Crippen LogP contribution in [0.25, 0.3) is 16.8 Å². The van der Waals surface area contributed by atoms with Crippen molar-refractivity contribution in [3.63, 3.8) is 0 Å². The lowest BCUT2D eigenvalue weighted by Crippen LogP contribution is -2.16. The Kier molecular flexibility index (Phi) is 4.75. The molecule has 0 aliphatic carbocycles. The smallest absolute Gasteiger partial charge is 0.406 e. The molecule has 0 atom stereocenters. The highest BCUT2D eigenvalue weighted by atomic mass is 19.4. The Labute approximate surface area is 141 Å². The van der Waals surface area contributed by atoms with E-state index in [0.29, 0.717) is 29.9 Å². The van der Waals surface area contributed by atoms with Gasteiger partial charge in [-0.1, -0.05) is 12.1 Å². The molecule has 132 valence electrons. The van der Waals surface area contributed by atoms with Crippen LogP contribution in [-0.2, 0) is 4.74 Å². The van der Waals surface area contributed by atoms with Gasteiger partial charge in [-0.2, -0.15) is 9.61 Å². The molecule has 0 saturated carbocycles. The van der Waals surface area contributed by atoms with Gasteiger partial charge in [0.2, 0.25) is 0 Å². The van der Waals surface area contributed by atoms with Crippen molar-refractivity contribution in [1.82, 2.24) is 14.6 Å². The molecule has 3 aromatic rings. The molecular weight excluding hydrogens is 337 g/mol. The minimum atomic E-state index is -4.71. The van der Waals surface area contributed by atoms with E-state index in [1.807, 2.05) is 0 Å². The van der Waals surface area contributed by atoms with Crippen LogP contribution in [-0.4, -0.2) is 41.2 Å². The van der Waals surface area contributed by atoms with Crippen molar-refractivity contribution >= 4 is 11.5 Å². The van der Waals surface area contributed by atoms with Gasteiger partial charge < -0.3 is 14.8 Å². The Morgan fingerprint density at radius 3 is 2.60 bits per heavy atom. The largest absolute Gasteiger partial charge is 0.573 e. The highest BCUT2D eigenvalue weighted by Crippen LogP contribution is 2.28. The lowest BCUT2D eigenvalue weighted by molar-refractivity contribution is -0.274. The topological polar surface area (TPSA) is 60.7 Å². The van der Waals surface area contributed by atoms with Crippen molar-refractivity contribution in [2.45, 2.75) is 6.36 Å². The molecule has 3 rings (SSSR count). The van der Waals surface area contributed by atoms with Crippen molar-refractivity contribution in [3.05, 3.63) is 42.7 Å². The second-order valence-electron chi connectivity index (χ2n) is 5.12. The molecule has 1 N–H and O–H groups in total. The lowest BCUT2D eigenvalue weighted by Gasteiger charge is -2.09. The molecule has 0 unspecified atom stereocenters. The molecule has 2 aromatic heterocycles. The van der Waals surface area contributed by atoms with Gasteiger partial charge in [-0.3, -0.25) is 0 Å². The summed E-state index contributed by atoms with van der Waals surface area (Å²) in [5.41, 5.74) is 1.98. The number of nitrogens with zero attached hydrogens (tertiary/aromatic N) is 3. The Balaban J connectivity index is 1.88. The molecule has 0 spiro atoms. The van der Waals surface area contributed by atoms with Crippen molar-refractivity contribution in [1.29, 1.82) is 0 Å². The zero-order valence-electron chi connectivity index (χ0n) is 13.2. The molecule has 2 heterocycles. The van der Waals surface area contributed by atoms with E-state index in [1.54, 1.807) is 30.1 Å². The summed E-state index contributed by atoms with van der Waals surface area (Å²) in [4.78, 5) is 4.31. The van der Waals surface area contributed by atoms with E-state index >= 15 is 0 Å². The van der Waals surface area contributed by atoms with Crippen LogP contribution in [0.3, 0.4) is 0 Å². The molecule has 25 heavy (non-hydrogen) atoms. The third-order valence-electron chi connectivity index (χ3n) is 3.41. The average molecular weight is 352 g/mol. The van der Waals surface area contributed by atoms with Gasteiger partial charge in [0.1, 0.15) is 11.6 Å². The molecule has 6 nitrogen and oxygen atoms in total. The average Bonchev–Trinajstić information content (AvgIpc) is 2.99. The number of ether oxygens (including phenoxy) is 2. The van der Waals surface area contributed by atoms with Crippen LogP contribution in [0.2, 0.25) is 0 Å². The molecule has 0 saturated heterocycles. The Bertz CT molecular complexity index is 847. The molecule has 0 radical (unpaired) electrons. The fourth-order valence-corrected chi connectivity index (χ4v) is 2.35. The van der Waals surface area contributed by atoms with Gasteiger partial charge >= 0.3 is 6.36 Å². The van der Waals surface area contributed by atoms with Gasteiger partial charge in [0, 0.05) is 25.4 Å². The van der Waals surface area contributed by atoms with E-state index in [9.17, 15) is 13.2 Å². The first-order valence-corrected chi connectivity index (χ1v) is 7.39. The maximum absolute atomic E-state index is 12.2. The first-order chi connectivity index (χ1) is 12.0. The van der Waals surface area contributed by atoms with Gasteiger partial charge in [0.25, 0.3) is 0 Å². The second-order valence-corrected chi connectivity index (χ2v) is 5.12. The van der Waals surface area contributed by atoms with Crippen molar-refractivity contribution in [2.75, 3.05) is 25.6 Å². The summed E-state index contributed by atoms with van der Waals surface area (Å²) in [6, 6.07) is 7.36. The predicted molar refractivity (Wildman–Crippen MR) is 85.5 cm³/mol. The monoisotopic (exact) mass is 352 g/mol. The normalized spacial score (nSPS) is 11.7. The molecule has 0 fully saturated rings. The maximum Gasteiger partial charge on any atom is 0.573 e. The van der Waals surface area contributed by atoms with Gasteiger partial charge in [-0.15, -0.1) is 13.2 Å². The third kappa shape index (κ3) is 4.00. The van der Waals surface area contributed by atoms with Crippen LogP contribution in [0.5, 0.6) is 5.75 Å². The number of alkyl halides is 3. The summed E-state index contributed by atoms with van der Waals surface area (Å²) in [5, 5.41) is 7.47. The number of rotatable bonds is 6. The zero-order chi connectivity index (χ0) is 17.9. The number of hydrogen-bond donors (Lipinski definition) is 1. The molecule has 0 aliphatic heterocycles. The minimum Gasteiger partial charge on any atom is -0.406 e. The number of nitrogens with one attached hydrogen (secondary N) is 1. The number of halogens is 3. The molecule has 9 heteroatoms. The zero-order valence-corrected chi connectivity index (χ0v) is 13.2. The molecular formula is C16H15F3N4O2. The molecule has 1 aromatic carbocycles. The van der Waals surface area contributed by atoms with E-state index in [-0.39, 0.29) is 5.75 Å². The number of fused-ring (bicyclic) bond motifs is 1. The van der Waals surface area contributed by atoms with E-state index in [2.05, 4.69) is 20.1 Å². The van der Waals surface area contributed by atoms with Crippen LogP contribution in [0.15, 0.2) is 42.7 Å². The number of anilines is 1. The van der Waals surface area contributed by atoms with Crippen molar-refractivity contribution in [3.8, 4) is 16.9 Å². The van der Waals surface area contributed by atoms with Crippen LogP contribution < -0.4 is 10.1 Å². The Hall–Kier alpha value is -2.81.